The molecule has 5 aromatic rings. The summed E-state index contributed by atoms with van der Waals surface area (Å²) in [4.78, 5) is 17.3. The molecular formula is C35H33NO5S. The highest BCUT2D eigenvalue weighted by atomic mass is 32.2. The second kappa shape index (κ2) is 13.2. The molecule has 6 rings (SSSR count). The number of methoxy groups -OCH3 is 1. The first kappa shape index (κ1) is 27.9. The van der Waals surface area contributed by atoms with Crippen LogP contribution < -0.4 is 19.6 Å². The fraction of sp³-hybridized carbons (Fsp3) is 0.229. The summed E-state index contributed by atoms with van der Waals surface area (Å²) in [6, 6.07) is 30.2. The maximum Gasteiger partial charge on any atom is 0.201 e. The van der Waals surface area contributed by atoms with Gasteiger partial charge in [0.25, 0.3) is 0 Å². The number of fused-ring (bicyclic) bond motifs is 1. The number of likely N-dealkylation sites (tertiary alicyclic amines) is 1. The fourth-order valence-corrected chi connectivity index (χ4v) is 6.04. The van der Waals surface area contributed by atoms with Crippen molar-refractivity contribution in [3.63, 3.8) is 0 Å². The van der Waals surface area contributed by atoms with Crippen LogP contribution in [0.3, 0.4) is 0 Å². The van der Waals surface area contributed by atoms with Crippen molar-refractivity contribution in [3.05, 3.63) is 107 Å². The van der Waals surface area contributed by atoms with Crippen molar-refractivity contribution in [1.29, 1.82) is 0 Å². The molecule has 0 N–H and O–H groups in total. The van der Waals surface area contributed by atoms with Crippen LogP contribution in [0.4, 0.5) is 0 Å². The van der Waals surface area contributed by atoms with Crippen LogP contribution in [-0.4, -0.2) is 38.3 Å². The maximum atomic E-state index is 13.9. The lowest BCUT2D eigenvalue weighted by atomic mass is 10.1. The van der Waals surface area contributed by atoms with E-state index in [1.54, 1.807) is 25.3 Å². The third-order valence-corrected chi connectivity index (χ3v) is 8.33. The van der Waals surface area contributed by atoms with Gasteiger partial charge in [-0.2, -0.15) is 0 Å². The molecule has 0 amide bonds. The molecule has 0 bridgehead atoms. The quantitative estimate of drug-likeness (QED) is 0.165. The molecule has 1 aliphatic rings. The molecule has 0 radical (unpaired) electrons. The van der Waals surface area contributed by atoms with Crippen LogP contribution in [-0.2, 0) is 0 Å². The first-order chi connectivity index (χ1) is 20.7. The molecule has 0 aliphatic carbocycles. The molecular weight excluding hydrogens is 546 g/mol. The van der Waals surface area contributed by atoms with Crippen LogP contribution in [0, 0.1) is 0 Å². The number of rotatable bonds is 10. The maximum absolute atomic E-state index is 13.9. The van der Waals surface area contributed by atoms with Crippen LogP contribution in [0.1, 0.15) is 19.3 Å². The zero-order valence-corrected chi connectivity index (χ0v) is 24.4. The molecule has 4 aromatic carbocycles. The SMILES string of the molecule is COc1ccc(-c2c(Sc3ccc(OCCN4CCCCC4)cc3)oc3cc(Oc4ccccc4)ccc3c2=O)cc1. The van der Waals surface area contributed by atoms with E-state index >= 15 is 0 Å². The van der Waals surface area contributed by atoms with Crippen LogP contribution in [0.25, 0.3) is 22.1 Å². The van der Waals surface area contributed by atoms with E-state index in [2.05, 4.69) is 4.90 Å². The van der Waals surface area contributed by atoms with Crippen LogP contribution >= 0.6 is 11.8 Å². The average Bonchev–Trinajstić information content (AvgIpc) is 3.03. The zero-order valence-electron chi connectivity index (χ0n) is 23.6. The van der Waals surface area contributed by atoms with Crippen LogP contribution in [0.15, 0.2) is 116 Å². The van der Waals surface area contributed by atoms with Crippen molar-refractivity contribution in [2.24, 2.45) is 0 Å². The Kier molecular flexibility index (Phi) is 8.78. The minimum absolute atomic E-state index is 0.104. The molecule has 214 valence electrons. The summed E-state index contributed by atoms with van der Waals surface area (Å²) >= 11 is 1.41. The van der Waals surface area contributed by atoms with E-state index in [4.69, 9.17) is 18.6 Å². The zero-order chi connectivity index (χ0) is 28.7. The van der Waals surface area contributed by atoms with E-state index in [-0.39, 0.29) is 5.43 Å². The Balaban J connectivity index is 1.28. The molecule has 7 heteroatoms. The Bertz CT molecular complexity index is 1680. The number of hydrogen-bond acceptors (Lipinski definition) is 7. The van der Waals surface area contributed by atoms with Crippen molar-refractivity contribution in [1.82, 2.24) is 4.90 Å². The van der Waals surface area contributed by atoms with Gasteiger partial charge in [-0.05, 0) is 92.2 Å². The predicted octanol–water partition coefficient (Wildman–Crippen LogP) is 8.28. The summed E-state index contributed by atoms with van der Waals surface area (Å²) in [5.74, 6) is 2.85. The van der Waals surface area contributed by atoms with Gasteiger partial charge in [-0.25, -0.2) is 0 Å². The smallest absolute Gasteiger partial charge is 0.201 e. The van der Waals surface area contributed by atoms with Gasteiger partial charge in [0.05, 0.1) is 18.1 Å². The average molecular weight is 580 g/mol. The molecule has 0 unspecified atom stereocenters. The molecule has 2 heterocycles. The van der Waals surface area contributed by atoms with Crippen LogP contribution in [0.2, 0.25) is 0 Å². The molecule has 0 saturated carbocycles. The van der Waals surface area contributed by atoms with Gasteiger partial charge < -0.3 is 18.6 Å². The Hall–Kier alpha value is -4.20. The third-order valence-electron chi connectivity index (χ3n) is 7.35. The summed E-state index contributed by atoms with van der Waals surface area (Å²) in [6.07, 6.45) is 3.88. The highest BCUT2D eigenvalue weighted by molar-refractivity contribution is 7.99. The first-order valence-corrected chi connectivity index (χ1v) is 15.1. The minimum Gasteiger partial charge on any atom is -0.497 e. The van der Waals surface area contributed by atoms with Crippen molar-refractivity contribution in [2.45, 2.75) is 29.3 Å². The topological polar surface area (TPSA) is 61.1 Å². The standard InChI is InChI=1S/C35H33NO5S/c1-38-26-12-10-25(11-13-26)33-34(37)31-19-16-29(40-28-8-4-2-5-9-28)24-32(31)41-35(33)42-30-17-14-27(15-18-30)39-23-22-36-20-6-3-7-21-36/h2,4-5,8-19,24H,3,6-7,20-23H2,1H3. The molecule has 1 saturated heterocycles. The van der Waals surface area contributed by atoms with Gasteiger partial charge >= 0.3 is 0 Å². The molecule has 1 aliphatic heterocycles. The molecule has 0 atom stereocenters. The lowest BCUT2D eigenvalue weighted by Gasteiger charge is -2.26. The summed E-state index contributed by atoms with van der Waals surface area (Å²) in [6.45, 7) is 3.93. The van der Waals surface area contributed by atoms with E-state index in [0.29, 0.717) is 39.7 Å². The number of ether oxygens (including phenoxy) is 3. The van der Waals surface area contributed by atoms with E-state index in [9.17, 15) is 4.79 Å². The van der Waals surface area contributed by atoms with Gasteiger partial charge in [-0.15, -0.1) is 0 Å². The van der Waals surface area contributed by atoms with E-state index in [1.165, 1.54) is 31.0 Å². The Morgan fingerprint density at radius 3 is 2.24 bits per heavy atom. The van der Waals surface area contributed by atoms with Gasteiger partial charge in [0.1, 0.15) is 35.2 Å². The monoisotopic (exact) mass is 579 g/mol. The fourth-order valence-electron chi connectivity index (χ4n) is 5.11. The second-order valence-corrected chi connectivity index (χ2v) is 11.3. The third kappa shape index (κ3) is 6.64. The number of para-hydroxylation sites is 1. The van der Waals surface area contributed by atoms with Gasteiger partial charge in [0.2, 0.25) is 5.43 Å². The molecule has 42 heavy (non-hydrogen) atoms. The van der Waals surface area contributed by atoms with Gasteiger partial charge in [0, 0.05) is 17.5 Å². The van der Waals surface area contributed by atoms with Gasteiger partial charge in [-0.3, -0.25) is 9.69 Å². The second-order valence-electron chi connectivity index (χ2n) is 10.2. The molecule has 1 fully saturated rings. The summed E-state index contributed by atoms with van der Waals surface area (Å²) in [5, 5.41) is 0.997. The van der Waals surface area contributed by atoms with Crippen molar-refractivity contribution >= 4 is 22.7 Å². The van der Waals surface area contributed by atoms with E-state index < -0.39 is 0 Å². The van der Waals surface area contributed by atoms with Gasteiger partial charge in [0.15, 0.2) is 5.09 Å². The lowest BCUT2D eigenvalue weighted by molar-refractivity contribution is 0.183. The van der Waals surface area contributed by atoms with Crippen molar-refractivity contribution in [3.8, 4) is 34.1 Å². The molecule has 6 nitrogen and oxygen atoms in total. The number of hydrogen-bond donors (Lipinski definition) is 0. The van der Waals surface area contributed by atoms with E-state index in [1.807, 2.05) is 78.9 Å². The highest BCUT2D eigenvalue weighted by Crippen LogP contribution is 2.38. The minimum atomic E-state index is -0.104. The normalized spacial score (nSPS) is 13.6. The summed E-state index contributed by atoms with van der Waals surface area (Å²) in [7, 11) is 1.62. The van der Waals surface area contributed by atoms with Crippen molar-refractivity contribution < 1.29 is 18.6 Å². The van der Waals surface area contributed by atoms with E-state index in [0.717, 1.165) is 41.6 Å². The Morgan fingerprint density at radius 2 is 1.50 bits per heavy atom. The van der Waals surface area contributed by atoms with Crippen LogP contribution in [0.5, 0.6) is 23.0 Å². The van der Waals surface area contributed by atoms with Crippen molar-refractivity contribution in [2.75, 3.05) is 33.4 Å². The molecule has 0 spiro atoms. The first-order valence-electron chi connectivity index (χ1n) is 14.3. The number of nitrogens with zero attached hydrogens (tertiary/aromatic N) is 1. The summed E-state index contributed by atoms with van der Waals surface area (Å²) < 4.78 is 23.8. The number of piperidine rings is 1. The summed E-state index contributed by atoms with van der Waals surface area (Å²) in [5.41, 5.74) is 1.63. The number of benzene rings is 4. The lowest BCUT2D eigenvalue weighted by Crippen LogP contribution is -2.33. The predicted molar refractivity (Wildman–Crippen MR) is 167 cm³/mol. The van der Waals surface area contributed by atoms with Gasteiger partial charge in [-0.1, -0.05) is 48.5 Å². The highest BCUT2D eigenvalue weighted by Gasteiger charge is 2.19. The Morgan fingerprint density at radius 1 is 0.786 bits per heavy atom. The Labute approximate surface area is 249 Å². The largest absolute Gasteiger partial charge is 0.497 e. The molecule has 1 aromatic heterocycles.